The van der Waals surface area contributed by atoms with Gasteiger partial charge in [0.05, 0.1) is 44.8 Å². The van der Waals surface area contributed by atoms with Crippen LogP contribution in [0.4, 0.5) is 0 Å². The molecule has 0 N–H and O–H groups in total. The molecule has 0 saturated carbocycles. The van der Waals surface area contributed by atoms with E-state index in [0.29, 0.717) is 0 Å². The summed E-state index contributed by atoms with van der Waals surface area (Å²) in [4.78, 5) is 5.23. The lowest BCUT2D eigenvalue weighted by atomic mass is 9.88. The zero-order chi connectivity index (χ0) is 43.3. The molecule has 1 aliphatic carbocycles. The minimum absolute atomic E-state index is 0.971. The summed E-state index contributed by atoms with van der Waals surface area (Å²) in [6.07, 6.45) is 6.41. The summed E-state index contributed by atoms with van der Waals surface area (Å²) in [6, 6.07) is 77.4. The number of nitrogens with zero attached hydrogens (tertiary/aromatic N) is 5. The maximum absolute atomic E-state index is 5.23. The highest BCUT2D eigenvalue weighted by atomic mass is 15.4. The first-order valence-corrected chi connectivity index (χ1v) is 22.9. The second-order valence-electron chi connectivity index (χ2n) is 17.4. The fourth-order valence-corrected chi connectivity index (χ4v) is 11.0. The second-order valence-corrected chi connectivity index (χ2v) is 17.4. The van der Waals surface area contributed by atoms with Crippen molar-refractivity contribution < 1.29 is 0 Å². The van der Waals surface area contributed by atoms with E-state index in [1.165, 1.54) is 82.0 Å². The third kappa shape index (κ3) is 5.37. The van der Waals surface area contributed by atoms with Crippen LogP contribution in [-0.2, 0) is 6.42 Å². The first-order chi connectivity index (χ1) is 32.8. The van der Waals surface area contributed by atoms with Crippen molar-refractivity contribution in [3.05, 3.63) is 230 Å². The van der Waals surface area contributed by atoms with Gasteiger partial charge in [0, 0.05) is 38.5 Å². The van der Waals surface area contributed by atoms with E-state index in [0.717, 1.165) is 52.7 Å². The smallest absolute Gasteiger partial charge is 0.145 e. The van der Waals surface area contributed by atoms with Crippen molar-refractivity contribution in [1.82, 2.24) is 23.5 Å². The van der Waals surface area contributed by atoms with E-state index in [2.05, 4.69) is 243 Å². The summed E-state index contributed by atoms with van der Waals surface area (Å²) in [6.45, 7) is 0. The fraction of sp³-hybridized carbons (Fsp3) is 0.0328. The van der Waals surface area contributed by atoms with E-state index in [1.54, 1.807) is 0 Å². The first-order valence-electron chi connectivity index (χ1n) is 22.9. The van der Waals surface area contributed by atoms with Crippen LogP contribution in [0.5, 0.6) is 0 Å². The lowest BCUT2D eigenvalue weighted by molar-refractivity contribution is 0.734. The maximum Gasteiger partial charge on any atom is 0.145 e. The van der Waals surface area contributed by atoms with E-state index in [1.807, 2.05) is 0 Å². The molecule has 10 aromatic carbocycles. The zero-order valence-corrected chi connectivity index (χ0v) is 36.0. The molecule has 0 bridgehead atoms. The number of rotatable bonds is 6. The maximum atomic E-state index is 5.23. The normalized spacial score (nSPS) is 12.7. The highest BCUT2D eigenvalue weighted by Crippen LogP contribution is 2.47. The highest BCUT2D eigenvalue weighted by Gasteiger charge is 2.24. The molecule has 1 aliphatic rings. The predicted molar refractivity (Wildman–Crippen MR) is 275 cm³/mol. The molecule has 310 valence electrons. The number of fused-ring (bicyclic) bond motifs is 12. The molecule has 0 atom stereocenters. The van der Waals surface area contributed by atoms with Gasteiger partial charge in [0.15, 0.2) is 0 Å². The van der Waals surface area contributed by atoms with Crippen molar-refractivity contribution >= 4 is 71.2 Å². The topological polar surface area (TPSA) is 32.6 Å². The number of hydrogen-bond acceptors (Lipinski definition) is 1. The summed E-state index contributed by atoms with van der Waals surface area (Å²) in [5.74, 6) is 0.972. The van der Waals surface area contributed by atoms with Gasteiger partial charge in [-0.1, -0.05) is 133 Å². The number of para-hydroxylation sites is 5. The third-order valence-corrected chi connectivity index (χ3v) is 13.8. The van der Waals surface area contributed by atoms with E-state index in [4.69, 9.17) is 4.98 Å². The second kappa shape index (κ2) is 14.4. The molecule has 5 nitrogen and oxygen atoms in total. The molecule has 66 heavy (non-hydrogen) atoms. The van der Waals surface area contributed by atoms with Gasteiger partial charge >= 0.3 is 0 Å². The lowest BCUT2D eigenvalue weighted by Crippen LogP contribution is -2.20. The Morgan fingerprint density at radius 1 is 0.379 bits per heavy atom. The van der Waals surface area contributed by atoms with Gasteiger partial charge in [-0.2, -0.15) is 0 Å². The minimum atomic E-state index is 0.971. The van der Waals surface area contributed by atoms with Crippen molar-refractivity contribution in [2.45, 2.75) is 12.8 Å². The summed E-state index contributed by atoms with van der Waals surface area (Å²) in [5.41, 5.74) is 15.2. The van der Waals surface area contributed by atoms with Crippen LogP contribution in [0.3, 0.4) is 0 Å². The summed E-state index contributed by atoms with van der Waals surface area (Å²) < 4.78 is 9.45. The van der Waals surface area contributed by atoms with Gasteiger partial charge in [0.2, 0.25) is 0 Å². The summed E-state index contributed by atoms with van der Waals surface area (Å²) >= 11 is 0. The Morgan fingerprint density at radius 3 is 1.62 bits per heavy atom. The number of aromatic nitrogens is 5. The molecule has 0 spiro atoms. The van der Waals surface area contributed by atoms with Gasteiger partial charge in [-0.25, -0.2) is 14.3 Å². The molecule has 14 rings (SSSR count). The molecule has 0 saturated heterocycles. The van der Waals surface area contributed by atoms with Gasteiger partial charge in [0.1, 0.15) is 5.82 Å². The Morgan fingerprint density at radius 2 is 0.909 bits per heavy atom. The minimum Gasteiger partial charge on any atom is -0.309 e. The SMILES string of the molecule is C1=Cc2nc(-c3ccc(-n4c5ccccc5c5c6c7ccccc7c(-c7ccc(-n8c9ccccc9n8-c8ccccc8)cc7)cc6c6ccccc6c54)cc3)n(-c3ccccc3)c2CC1. The Kier molecular flexibility index (Phi) is 8.04. The average molecular weight is 844 g/mol. The molecule has 0 aliphatic heterocycles. The van der Waals surface area contributed by atoms with Crippen LogP contribution in [0.25, 0.3) is 116 Å². The Hall–Kier alpha value is -8.67. The van der Waals surface area contributed by atoms with E-state index >= 15 is 0 Å². The number of imidazole rings is 1. The van der Waals surface area contributed by atoms with Crippen molar-refractivity contribution in [3.8, 4) is 45.3 Å². The molecule has 13 aromatic rings. The molecule has 5 heteroatoms. The molecular weight excluding hydrogens is 803 g/mol. The fourth-order valence-electron chi connectivity index (χ4n) is 11.0. The number of hydrogen-bond donors (Lipinski definition) is 0. The summed E-state index contributed by atoms with van der Waals surface area (Å²) in [5, 5.41) is 10.0. The standard InChI is InChI=1S/C61H41N5/c1-3-17-42(18-4-1)64-55-28-14-12-26-53(55)62-61(64)41-33-35-43(36-34-41)63-54-27-13-11-25-50(54)59-58-48-23-9-7-21-46(48)51(39-52(58)47-22-8-10-24-49(47)60(59)63)40-31-37-45(38-32-40)66-57-30-16-15-29-56(57)65(66)44-19-5-2-6-20-44/h1-13,15-27,29-39H,14,28H2. The highest BCUT2D eigenvalue weighted by molar-refractivity contribution is 6.38. The largest absolute Gasteiger partial charge is 0.309 e. The van der Waals surface area contributed by atoms with Gasteiger partial charge in [-0.3, -0.25) is 4.57 Å². The van der Waals surface area contributed by atoms with Crippen LogP contribution in [-0.4, -0.2) is 23.5 Å². The van der Waals surface area contributed by atoms with Crippen LogP contribution >= 0.6 is 0 Å². The molecule has 0 unspecified atom stereocenters. The quantitative estimate of drug-likeness (QED) is 0.154. The van der Waals surface area contributed by atoms with Gasteiger partial charge in [0.25, 0.3) is 0 Å². The molecular formula is C61H41N5. The third-order valence-electron chi connectivity index (χ3n) is 13.8. The predicted octanol–water partition coefficient (Wildman–Crippen LogP) is 15.5. The van der Waals surface area contributed by atoms with Crippen molar-refractivity contribution in [2.75, 3.05) is 0 Å². The monoisotopic (exact) mass is 843 g/mol. The Bertz CT molecular complexity index is 4070. The van der Waals surface area contributed by atoms with Crippen molar-refractivity contribution in [3.63, 3.8) is 0 Å². The first kappa shape index (κ1) is 36.8. The molecule has 0 radical (unpaired) electrons. The van der Waals surface area contributed by atoms with E-state index in [-0.39, 0.29) is 0 Å². The summed E-state index contributed by atoms with van der Waals surface area (Å²) in [7, 11) is 0. The lowest BCUT2D eigenvalue weighted by Gasteiger charge is -2.27. The molecule has 3 heterocycles. The average Bonchev–Trinajstić information content (AvgIpc) is 3.94. The molecule has 3 aromatic heterocycles. The van der Waals surface area contributed by atoms with E-state index in [9.17, 15) is 0 Å². The van der Waals surface area contributed by atoms with Gasteiger partial charge < -0.3 is 4.57 Å². The van der Waals surface area contributed by atoms with E-state index < -0.39 is 0 Å². The molecule has 0 fully saturated rings. The van der Waals surface area contributed by atoms with Crippen LogP contribution in [0, 0.1) is 0 Å². The van der Waals surface area contributed by atoms with Gasteiger partial charge in [-0.15, -0.1) is 0 Å². The van der Waals surface area contributed by atoms with Crippen LogP contribution < -0.4 is 0 Å². The number of benzene rings is 10. The van der Waals surface area contributed by atoms with Crippen molar-refractivity contribution in [1.29, 1.82) is 0 Å². The Balaban J connectivity index is 0.960. The molecule has 0 amide bonds. The van der Waals surface area contributed by atoms with Crippen LogP contribution in [0.1, 0.15) is 17.8 Å². The van der Waals surface area contributed by atoms with Crippen LogP contribution in [0.15, 0.2) is 218 Å². The van der Waals surface area contributed by atoms with Crippen molar-refractivity contribution in [2.24, 2.45) is 0 Å². The van der Waals surface area contributed by atoms with Crippen LogP contribution in [0.2, 0.25) is 0 Å². The Labute approximate surface area is 380 Å². The van der Waals surface area contributed by atoms with Gasteiger partial charge in [-0.05, 0) is 137 Å². The number of allylic oxidation sites excluding steroid dienone is 1. The zero-order valence-electron chi connectivity index (χ0n) is 36.0.